The van der Waals surface area contributed by atoms with E-state index >= 15 is 0 Å². The van der Waals surface area contributed by atoms with Gasteiger partial charge in [-0.2, -0.15) is 0 Å². The lowest BCUT2D eigenvalue weighted by molar-refractivity contribution is 0.0828. The van der Waals surface area contributed by atoms with Gasteiger partial charge in [0.25, 0.3) is 5.91 Å². The maximum atomic E-state index is 13.0. The molecule has 132 valence electrons. The van der Waals surface area contributed by atoms with Crippen LogP contribution >= 0.6 is 0 Å². The fourth-order valence-electron chi connectivity index (χ4n) is 3.15. The van der Waals surface area contributed by atoms with Crippen molar-refractivity contribution in [2.24, 2.45) is 0 Å². The maximum Gasteiger partial charge on any atom is 0.251 e. The SMILES string of the molecule is O=C(NC1CCN(C[C@@H](O)c2ccc(F)cc2)CC1)c1ccccc1. The molecule has 1 aliphatic rings. The first kappa shape index (κ1) is 17.6. The lowest BCUT2D eigenvalue weighted by atomic mass is 10.0. The summed E-state index contributed by atoms with van der Waals surface area (Å²) in [5, 5.41) is 13.4. The molecule has 1 saturated heterocycles. The molecule has 0 bridgehead atoms. The van der Waals surface area contributed by atoms with Crippen molar-refractivity contribution in [1.29, 1.82) is 0 Å². The quantitative estimate of drug-likeness (QED) is 0.878. The molecule has 2 aromatic carbocycles. The van der Waals surface area contributed by atoms with Crippen molar-refractivity contribution < 1.29 is 14.3 Å². The zero-order chi connectivity index (χ0) is 17.6. The summed E-state index contributed by atoms with van der Waals surface area (Å²) in [6, 6.07) is 15.3. The number of carbonyl (C=O) groups excluding carboxylic acids is 1. The molecule has 1 amide bonds. The summed E-state index contributed by atoms with van der Waals surface area (Å²) in [4.78, 5) is 14.4. The predicted molar refractivity (Wildman–Crippen MR) is 94.7 cm³/mol. The molecule has 4 nitrogen and oxygen atoms in total. The minimum atomic E-state index is -0.629. The number of carbonyl (C=O) groups is 1. The third kappa shape index (κ3) is 4.87. The molecular weight excluding hydrogens is 319 g/mol. The number of nitrogens with one attached hydrogen (secondary N) is 1. The van der Waals surface area contributed by atoms with Gasteiger partial charge in [-0.3, -0.25) is 4.79 Å². The summed E-state index contributed by atoms with van der Waals surface area (Å²) >= 11 is 0. The second kappa shape index (κ2) is 8.23. The largest absolute Gasteiger partial charge is 0.387 e. The normalized spacial score (nSPS) is 17.2. The molecule has 1 heterocycles. The van der Waals surface area contributed by atoms with E-state index in [-0.39, 0.29) is 17.8 Å². The van der Waals surface area contributed by atoms with E-state index in [0.717, 1.165) is 31.5 Å². The Morgan fingerprint density at radius 1 is 1.12 bits per heavy atom. The van der Waals surface area contributed by atoms with E-state index in [2.05, 4.69) is 10.2 Å². The predicted octanol–water partition coefficient (Wildman–Crippen LogP) is 2.75. The van der Waals surface area contributed by atoms with Gasteiger partial charge in [-0.15, -0.1) is 0 Å². The molecule has 0 spiro atoms. The van der Waals surface area contributed by atoms with Gasteiger partial charge in [-0.05, 0) is 42.7 Å². The van der Waals surface area contributed by atoms with Gasteiger partial charge in [0, 0.05) is 31.2 Å². The highest BCUT2D eigenvalue weighted by molar-refractivity contribution is 5.94. The molecule has 0 aromatic heterocycles. The number of β-amino-alcohol motifs (C(OH)–C–C–N with tert-alkyl or cyclic N) is 1. The molecule has 25 heavy (non-hydrogen) atoms. The Morgan fingerprint density at radius 2 is 1.76 bits per heavy atom. The third-order valence-electron chi connectivity index (χ3n) is 4.64. The Balaban J connectivity index is 1.45. The smallest absolute Gasteiger partial charge is 0.251 e. The van der Waals surface area contributed by atoms with E-state index in [1.807, 2.05) is 30.3 Å². The van der Waals surface area contributed by atoms with Crippen molar-refractivity contribution in [3.8, 4) is 0 Å². The standard InChI is InChI=1S/C20H23FN2O2/c21-17-8-6-15(7-9-17)19(24)14-23-12-10-18(11-13-23)22-20(25)16-4-2-1-3-5-16/h1-9,18-19,24H,10-14H2,(H,22,25)/t19-/m1/s1. The van der Waals surface area contributed by atoms with Gasteiger partial charge < -0.3 is 15.3 Å². The molecule has 1 atom stereocenters. The van der Waals surface area contributed by atoms with Crippen LogP contribution in [0.2, 0.25) is 0 Å². The molecular formula is C20H23FN2O2. The molecule has 0 radical (unpaired) electrons. The summed E-state index contributed by atoms with van der Waals surface area (Å²) < 4.78 is 13.0. The summed E-state index contributed by atoms with van der Waals surface area (Å²) in [5.41, 5.74) is 1.40. The van der Waals surface area contributed by atoms with E-state index in [9.17, 15) is 14.3 Å². The van der Waals surface area contributed by atoms with Crippen LogP contribution in [0, 0.1) is 5.82 Å². The Kier molecular flexibility index (Phi) is 5.79. The van der Waals surface area contributed by atoms with Crippen LogP contribution in [0.1, 0.15) is 34.9 Å². The van der Waals surface area contributed by atoms with Crippen LogP contribution < -0.4 is 5.32 Å². The van der Waals surface area contributed by atoms with E-state index < -0.39 is 6.10 Å². The number of piperidine rings is 1. The second-order valence-corrected chi connectivity index (χ2v) is 6.48. The molecule has 2 N–H and O–H groups in total. The molecule has 0 aliphatic carbocycles. The number of hydrogen-bond acceptors (Lipinski definition) is 3. The number of benzene rings is 2. The van der Waals surface area contributed by atoms with E-state index in [1.54, 1.807) is 12.1 Å². The second-order valence-electron chi connectivity index (χ2n) is 6.48. The summed E-state index contributed by atoms with van der Waals surface area (Å²) in [7, 11) is 0. The summed E-state index contributed by atoms with van der Waals surface area (Å²) in [6.45, 7) is 2.15. The number of hydrogen-bond donors (Lipinski definition) is 2. The summed E-state index contributed by atoms with van der Waals surface area (Å²) in [6.07, 6.45) is 1.08. The zero-order valence-electron chi connectivity index (χ0n) is 14.1. The van der Waals surface area contributed by atoms with Crippen LogP contribution in [0.15, 0.2) is 54.6 Å². The third-order valence-corrected chi connectivity index (χ3v) is 4.64. The lowest BCUT2D eigenvalue weighted by Gasteiger charge is -2.33. The molecule has 1 fully saturated rings. The fourth-order valence-corrected chi connectivity index (χ4v) is 3.15. The average Bonchev–Trinajstić information content (AvgIpc) is 2.64. The molecule has 0 unspecified atom stereocenters. The van der Waals surface area contributed by atoms with Crippen LogP contribution in [0.4, 0.5) is 4.39 Å². The van der Waals surface area contributed by atoms with Crippen molar-refractivity contribution in [3.63, 3.8) is 0 Å². The number of rotatable bonds is 5. The Morgan fingerprint density at radius 3 is 2.40 bits per heavy atom. The summed E-state index contributed by atoms with van der Waals surface area (Å²) in [5.74, 6) is -0.337. The highest BCUT2D eigenvalue weighted by Gasteiger charge is 2.23. The molecule has 5 heteroatoms. The molecule has 0 saturated carbocycles. The number of aliphatic hydroxyl groups is 1. The maximum absolute atomic E-state index is 13.0. The van der Waals surface area contributed by atoms with Crippen molar-refractivity contribution in [1.82, 2.24) is 10.2 Å². The van der Waals surface area contributed by atoms with E-state index in [0.29, 0.717) is 12.1 Å². The van der Waals surface area contributed by atoms with Crippen LogP contribution in [-0.4, -0.2) is 41.6 Å². The van der Waals surface area contributed by atoms with Gasteiger partial charge in [0.2, 0.25) is 0 Å². The molecule has 2 aromatic rings. The Bertz CT molecular complexity index is 683. The Labute approximate surface area is 147 Å². The fraction of sp³-hybridized carbons (Fsp3) is 0.350. The number of aliphatic hydroxyl groups excluding tert-OH is 1. The van der Waals surface area contributed by atoms with Crippen LogP contribution in [0.3, 0.4) is 0 Å². The van der Waals surface area contributed by atoms with Crippen LogP contribution in [0.25, 0.3) is 0 Å². The van der Waals surface area contributed by atoms with Crippen molar-refractivity contribution in [3.05, 3.63) is 71.5 Å². The lowest BCUT2D eigenvalue weighted by Crippen LogP contribution is -2.45. The van der Waals surface area contributed by atoms with Gasteiger partial charge in [0.15, 0.2) is 0 Å². The number of nitrogens with zero attached hydrogens (tertiary/aromatic N) is 1. The number of likely N-dealkylation sites (tertiary alicyclic amines) is 1. The van der Waals surface area contributed by atoms with Gasteiger partial charge >= 0.3 is 0 Å². The average molecular weight is 342 g/mol. The highest BCUT2D eigenvalue weighted by atomic mass is 19.1. The first-order chi connectivity index (χ1) is 12.1. The number of amides is 1. The van der Waals surface area contributed by atoms with Gasteiger partial charge in [0.05, 0.1) is 6.10 Å². The minimum absolute atomic E-state index is 0.0367. The van der Waals surface area contributed by atoms with Gasteiger partial charge in [-0.1, -0.05) is 30.3 Å². The molecule has 1 aliphatic heterocycles. The van der Waals surface area contributed by atoms with Crippen LogP contribution in [-0.2, 0) is 0 Å². The first-order valence-electron chi connectivity index (χ1n) is 8.63. The van der Waals surface area contributed by atoms with E-state index in [1.165, 1.54) is 12.1 Å². The Hall–Kier alpha value is -2.24. The topological polar surface area (TPSA) is 52.6 Å². The van der Waals surface area contributed by atoms with Crippen LogP contribution in [0.5, 0.6) is 0 Å². The van der Waals surface area contributed by atoms with Crippen molar-refractivity contribution >= 4 is 5.91 Å². The van der Waals surface area contributed by atoms with Gasteiger partial charge in [-0.25, -0.2) is 4.39 Å². The molecule has 3 rings (SSSR count). The first-order valence-corrected chi connectivity index (χ1v) is 8.63. The van der Waals surface area contributed by atoms with E-state index in [4.69, 9.17) is 0 Å². The monoisotopic (exact) mass is 342 g/mol. The van der Waals surface area contributed by atoms with Crippen molar-refractivity contribution in [2.45, 2.75) is 25.0 Å². The zero-order valence-corrected chi connectivity index (χ0v) is 14.1. The minimum Gasteiger partial charge on any atom is -0.387 e. The highest BCUT2D eigenvalue weighted by Crippen LogP contribution is 2.18. The van der Waals surface area contributed by atoms with Gasteiger partial charge in [0.1, 0.15) is 5.82 Å². The van der Waals surface area contributed by atoms with Crippen molar-refractivity contribution in [2.75, 3.05) is 19.6 Å². The number of halogens is 1.